The molecule has 1 aromatic rings. The Kier molecular flexibility index (Phi) is 6.70. The normalized spacial score (nSPS) is 11.1. The molecule has 0 aliphatic rings. The third kappa shape index (κ3) is 6.27. The van der Waals surface area contributed by atoms with E-state index in [1.54, 1.807) is 12.1 Å². The first-order chi connectivity index (χ1) is 9.63. The predicted octanol–water partition coefficient (Wildman–Crippen LogP) is 1.28. The van der Waals surface area contributed by atoms with E-state index in [0.29, 0.717) is 5.56 Å². The van der Waals surface area contributed by atoms with Crippen molar-refractivity contribution in [3.63, 3.8) is 0 Å². The van der Waals surface area contributed by atoms with Crippen LogP contribution in [0, 0.1) is 0 Å². The molecule has 0 spiro atoms. The molecule has 4 N–H and O–H groups in total. The van der Waals surface area contributed by atoms with E-state index in [-0.39, 0.29) is 11.5 Å². The number of nitrogens with two attached hydrogens (primary N) is 1. The molecule has 1 rings (SSSR count). The summed E-state index contributed by atoms with van der Waals surface area (Å²) >= 11 is 0. The second-order valence-corrected chi connectivity index (χ2v) is 3.32. The minimum absolute atomic E-state index is 0.209. The molecule has 0 unspecified atom stereocenters. The Bertz CT molecular complexity index is 526. The Balaban J connectivity index is 0.000000486. The van der Waals surface area contributed by atoms with Crippen molar-refractivity contribution < 1.29 is 37.7 Å². The van der Waals surface area contributed by atoms with Crippen molar-refractivity contribution in [1.29, 1.82) is 0 Å². The molecule has 7 nitrogen and oxygen atoms in total. The van der Waals surface area contributed by atoms with Gasteiger partial charge in [0, 0.05) is 5.56 Å². The van der Waals surface area contributed by atoms with Gasteiger partial charge >= 0.3 is 18.1 Å². The Labute approximate surface area is 116 Å². The number of alkyl halides is 3. The first kappa shape index (κ1) is 18.2. The summed E-state index contributed by atoms with van der Waals surface area (Å²) in [5.41, 5.74) is 0.848. The number of aromatic carboxylic acids is 1. The number of rotatable bonds is 2. The number of hydrogen-bond donors (Lipinski definition) is 3. The van der Waals surface area contributed by atoms with Crippen LogP contribution in [0.25, 0.3) is 0 Å². The quantitative estimate of drug-likeness (QED) is 0.327. The maximum absolute atomic E-state index is 10.6. The molecule has 0 atom stereocenters. The molecule has 0 saturated heterocycles. The monoisotopic (exact) mass is 308 g/mol. The minimum atomic E-state index is -5.08. The second-order valence-electron chi connectivity index (χ2n) is 3.32. The number of methoxy groups -OCH3 is 1. The zero-order chi connectivity index (χ0) is 16.6. The lowest BCUT2D eigenvalue weighted by atomic mass is 10.1. The third-order valence-electron chi connectivity index (χ3n) is 1.93. The summed E-state index contributed by atoms with van der Waals surface area (Å²) < 4.78 is 36.6. The van der Waals surface area contributed by atoms with E-state index >= 15 is 0 Å². The summed E-state index contributed by atoms with van der Waals surface area (Å²) in [6, 6.07) is 6.08. The minimum Gasteiger partial charge on any atom is -0.480 e. The number of hydrogen-bond acceptors (Lipinski definition) is 5. The van der Waals surface area contributed by atoms with Crippen LogP contribution in [0.1, 0.15) is 15.9 Å². The standard InChI is InChI=1S/C9H10N2O3.C2HF3O2/c1-14-8(11-10)6-2-4-7(5-3-6)9(12)13;3-2(4,5)1(6)7/h2-5H,10H2,1H3,(H,12,13);(H,6,7). The average molecular weight is 308 g/mol. The number of nitrogens with zero attached hydrogens (tertiary/aromatic N) is 1. The van der Waals surface area contributed by atoms with Crippen LogP contribution in [0.3, 0.4) is 0 Å². The molecule has 10 heteroatoms. The second kappa shape index (κ2) is 7.72. The summed E-state index contributed by atoms with van der Waals surface area (Å²) in [4.78, 5) is 19.4. The van der Waals surface area contributed by atoms with Crippen LogP contribution in [0.2, 0.25) is 0 Å². The molecule has 0 amide bonds. The Morgan fingerprint density at radius 1 is 1.14 bits per heavy atom. The van der Waals surface area contributed by atoms with Crippen molar-refractivity contribution in [3.05, 3.63) is 35.4 Å². The van der Waals surface area contributed by atoms with E-state index in [2.05, 4.69) is 5.10 Å². The maximum Gasteiger partial charge on any atom is 0.490 e. The molecule has 0 radical (unpaired) electrons. The van der Waals surface area contributed by atoms with Crippen LogP contribution in [0.15, 0.2) is 29.4 Å². The van der Waals surface area contributed by atoms with E-state index in [1.165, 1.54) is 19.2 Å². The molecule has 1 aromatic carbocycles. The van der Waals surface area contributed by atoms with Gasteiger partial charge in [0.25, 0.3) is 0 Å². The van der Waals surface area contributed by atoms with E-state index in [0.717, 1.165) is 0 Å². The van der Waals surface area contributed by atoms with Gasteiger partial charge in [0.1, 0.15) is 0 Å². The Hall–Kier alpha value is -2.78. The molecule has 0 fully saturated rings. The summed E-state index contributed by atoms with van der Waals surface area (Å²) in [5, 5.41) is 19.2. The summed E-state index contributed by atoms with van der Waals surface area (Å²) in [5.74, 6) is 1.60. The van der Waals surface area contributed by atoms with E-state index in [1.807, 2.05) is 0 Å². The van der Waals surface area contributed by atoms with Gasteiger partial charge in [-0.05, 0) is 24.3 Å². The van der Waals surface area contributed by atoms with Gasteiger partial charge in [-0.1, -0.05) is 0 Å². The van der Waals surface area contributed by atoms with Crippen LogP contribution in [-0.4, -0.2) is 41.3 Å². The number of aliphatic carboxylic acids is 1. The fourth-order valence-electron chi connectivity index (χ4n) is 1.00. The molecule has 0 aliphatic carbocycles. The van der Waals surface area contributed by atoms with E-state index in [9.17, 15) is 18.0 Å². The first-order valence-electron chi connectivity index (χ1n) is 5.09. The maximum atomic E-state index is 10.6. The van der Waals surface area contributed by atoms with Gasteiger partial charge in [0.15, 0.2) is 0 Å². The highest BCUT2D eigenvalue weighted by Crippen LogP contribution is 2.13. The summed E-state index contributed by atoms with van der Waals surface area (Å²) in [6.07, 6.45) is -5.08. The lowest BCUT2D eigenvalue weighted by Crippen LogP contribution is -2.21. The van der Waals surface area contributed by atoms with E-state index < -0.39 is 18.1 Å². The highest BCUT2D eigenvalue weighted by Gasteiger charge is 2.38. The van der Waals surface area contributed by atoms with Crippen LogP contribution in [0.5, 0.6) is 0 Å². The molecule has 21 heavy (non-hydrogen) atoms. The van der Waals surface area contributed by atoms with Crippen LogP contribution in [-0.2, 0) is 9.53 Å². The molecule has 116 valence electrons. The van der Waals surface area contributed by atoms with Gasteiger partial charge in [0.2, 0.25) is 5.90 Å². The number of carboxylic acids is 2. The fourth-order valence-corrected chi connectivity index (χ4v) is 1.00. The number of carbonyl (C=O) groups is 2. The summed E-state index contributed by atoms with van der Waals surface area (Å²) in [7, 11) is 1.44. The van der Waals surface area contributed by atoms with Gasteiger partial charge in [-0.2, -0.15) is 13.2 Å². The highest BCUT2D eigenvalue weighted by atomic mass is 19.4. The van der Waals surface area contributed by atoms with Crippen LogP contribution < -0.4 is 5.84 Å². The van der Waals surface area contributed by atoms with Crippen molar-refractivity contribution in [2.45, 2.75) is 6.18 Å². The van der Waals surface area contributed by atoms with Gasteiger partial charge < -0.3 is 20.8 Å². The number of carboxylic acid groups (broad SMARTS) is 2. The molecule has 0 bridgehead atoms. The van der Waals surface area contributed by atoms with Gasteiger partial charge in [0.05, 0.1) is 12.7 Å². The van der Waals surface area contributed by atoms with Crippen molar-refractivity contribution in [2.75, 3.05) is 7.11 Å². The van der Waals surface area contributed by atoms with Crippen molar-refractivity contribution in [1.82, 2.24) is 0 Å². The zero-order valence-corrected chi connectivity index (χ0v) is 10.6. The molecule has 0 heterocycles. The fraction of sp³-hybridized carbons (Fsp3) is 0.182. The first-order valence-corrected chi connectivity index (χ1v) is 5.09. The summed E-state index contributed by atoms with van der Waals surface area (Å²) in [6.45, 7) is 0. The topological polar surface area (TPSA) is 122 Å². The predicted molar refractivity (Wildman–Crippen MR) is 64.8 cm³/mol. The Morgan fingerprint density at radius 3 is 1.76 bits per heavy atom. The highest BCUT2D eigenvalue weighted by molar-refractivity contribution is 5.95. The number of halogens is 3. The molecular formula is C11H11F3N2O5. The molecular weight excluding hydrogens is 297 g/mol. The molecule has 0 aliphatic heterocycles. The van der Waals surface area contributed by atoms with Crippen molar-refractivity contribution in [3.8, 4) is 0 Å². The van der Waals surface area contributed by atoms with Crippen molar-refractivity contribution in [2.24, 2.45) is 10.9 Å². The van der Waals surface area contributed by atoms with E-state index in [4.69, 9.17) is 25.6 Å². The zero-order valence-electron chi connectivity index (χ0n) is 10.6. The van der Waals surface area contributed by atoms with Crippen LogP contribution in [0.4, 0.5) is 13.2 Å². The number of benzene rings is 1. The average Bonchev–Trinajstić information content (AvgIpc) is 2.40. The molecule has 0 aromatic heterocycles. The van der Waals surface area contributed by atoms with Gasteiger partial charge in [-0.15, -0.1) is 5.10 Å². The van der Waals surface area contributed by atoms with Gasteiger partial charge in [-0.3, -0.25) is 0 Å². The SMILES string of the molecule is COC(=NN)c1ccc(C(=O)O)cc1.O=C(O)C(F)(F)F. The number of ether oxygens (including phenoxy) is 1. The largest absolute Gasteiger partial charge is 0.490 e. The lowest BCUT2D eigenvalue weighted by molar-refractivity contribution is -0.192. The van der Waals surface area contributed by atoms with Crippen molar-refractivity contribution >= 4 is 17.8 Å². The van der Waals surface area contributed by atoms with Crippen LogP contribution >= 0.6 is 0 Å². The Morgan fingerprint density at radius 2 is 1.52 bits per heavy atom. The molecule has 0 saturated carbocycles. The third-order valence-corrected chi connectivity index (χ3v) is 1.93. The smallest absolute Gasteiger partial charge is 0.480 e. The van der Waals surface area contributed by atoms with Gasteiger partial charge in [-0.25, -0.2) is 9.59 Å². The number of hydrazone groups is 1. The lowest BCUT2D eigenvalue weighted by Gasteiger charge is -2.03.